The van der Waals surface area contributed by atoms with Crippen LogP contribution >= 0.6 is 11.6 Å². The highest BCUT2D eigenvalue weighted by molar-refractivity contribution is 6.31. The standard InChI is InChI=1S/C30H31ClO11/c1-5-19(33)42-29-12(2)40-20(9-16(29)31)41-18-11-30(38,13(3)32)10-15-22(18)28(37)24-23(26(15)35)25(34)14-7-6-8-17(39-4)21(14)27(24)36/h6-8,12,16,18,20,29,35,37-38H,5,9-11H2,1-4H3/t12-,16-,18-,20-,29+,30-/m0/s1. The molecular formula is C30H31ClO11. The highest BCUT2D eigenvalue weighted by Gasteiger charge is 2.49. The number of carbonyl (C=O) groups is 4. The maximum absolute atomic E-state index is 13.7. The zero-order chi connectivity index (χ0) is 30.7. The van der Waals surface area contributed by atoms with E-state index in [2.05, 4.69) is 0 Å². The first kappa shape index (κ1) is 30.0. The average Bonchev–Trinajstić information content (AvgIpc) is 2.94. The second-order valence-electron chi connectivity index (χ2n) is 10.8. The van der Waals surface area contributed by atoms with Crippen LogP contribution in [0, 0.1) is 0 Å². The van der Waals surface area contributed by atoms with Crippen molar-refractivity contribution in [2.45, 2.75) is 82.0 Å². The summed E-state index contributed by atoms with van der Waals surface area (Å²) in [6, 6.07) is 4.42. The molecule has 0 amide bonds. The SMILES string of the molecule is CCC(=O)O[C@@H]1[C@H](C)O[C@@H](O[C@H]2C[C@](O)(C(C)=O)Cc3c(O)c4c(c(O)c32)C(=O)c2c(OC)cccc2C4=O)C[C@@H]1Cl. The summed E-state index contributed by atoms with van der Waals surface area (Å²) in [6.45, 7) is 4.47. The Kier molecular flexibility index (Phi) is 7.82. The maximum Gasteiger partial charge on any atom is 0.305 e. The minimum absolute atomic E-state index is 0.0250. The quantitative estimate of drug-likeness (QED) is 0.215. The molecule has 0 unspecified atom stereocenters. The molecule has 3 N–H and O–H groups in total. The molecule has 0 radical (unpaired) electrons. The smallest absolute Gasteiger partial charge is 0.305 e. The molecule has 2 aromatic rings. The van der Waals surface area contributed by atoms with Crippen LogP contribution in [0.15, 0.2) is 18.2 Å². The van der Waals surface area contributed by atoms with Gasteiger partial charge in [-0.15, -0.1) is 11.6 Å². The topological polar surface area (TPSA) is 166 Å². The lowest BCUT2D eigenvalue weighted by molar-refractivity contribution is -0.246. The summed E-state index contributed by atoms with van der Waals surface area (Å²) in [5.41, 5.74) is -3.15. The molecule has 6 atom stereocenters. The Morgan fingerprint density at radius 2 is 1.81 bits per heavy atom. The predicted octanol–water partition coefficient (Wildman–Crippen LogP) is 3.27. The van der Waals surface area contributed by atoms with Crippen molar-refractivity contribution in [2.75, 3.05) is 7.11 Å². The summed E-state index contributed by atoms with van der Waals surface area (Å²) in [5, 5.41) is 33.6. The van der Waals surface area contributed by atoms with Crippen LogP contribution in [0.25, 0.3) is 0 Å². The minimum atomic E-state index is -2.03. The van der Waals surface area contributed by atoms with Crippen molar-refractivity contribution in [1.82, 2.24) is 0 Å². The van der Waals surface area contributed by atoms with E-state index in [0.29, 0.717) is 0 Å². The zero-order valence-electron chi connectivity index (χ0n) is 23.4. The van der Waals surface area contributed by atoms with E-state index in [9.17, 15) is 34.5 Å². The third-order valence-electron chi connectivity index (χ3n) is 8.21. The predicted molar refractivity (Wildman–Crippen MR) is 146 cm³/mol. The number of rotatable bonds is 6. The van der Waals surface area contributed by atoms with Crippen molar-refractivity contribution in [2.24, 2.45) is 0 Å². The summed E-state index contributed by atoms with van der Waals surface area (Å²) in [4.78, 5) is 51.7. The fraction of sp³-hybridized carbons (Fsp3) is 0.467. The summed E-state index contributed by atoms with van der Waals surface area (Å²) < 4.78 is 22.8. The van der Waals surface area contributed by atoms with Gasteiger partial charge in [0.1, 0.15) is 29.0 Å². The van der Waals surface area contributed by atoms with Gasteiger partial charge in [0.2, 0.25) is 5.78 Å². The number of ether oxygens (including phenoxy) is 4. The lowest BCUT2D eigenvalue weighted by Gasteiger charge is -2.42. The van der Waals surface area contributed by atoms with Gasteiger partial charge in [0.15, 0.2) is 17.9 Å². The first-order chi connectivity index (χ1) is 19.8. The Hall–Kier alpha value is -3.51. The van der Waals surface area contributed by atoms with E-state index in [4.69, 9.17) is 30.5 Å². The number of alkyl halides is 1. The molecule has 1 saturated heterocycles. The van der Waals surface area contributed by atoms with Crippen LogP contribution in [0.3, 0.4) is 0 Å². The highest BCUT2D eigenvalue weighted by Crippen LogP contribution is 2.52. The van der Waals surface area contributed by atoms with Gasteiger partial charge >= 0.3 is 5.97 Å². The number of methoxy groups -OCH3 is 1. The molecular weight excluding hydrogens is 572 g/mol. The van der Waals surface area contributed by atoms with Crippen molar-refractivity contribution in [3.63, 3.8) is 0 Å². The first-order valence-electron chi connectivity index (χ1n) is 13.6. The van der Waals surface area contributed by atoms with E-state index in [0.717, 1.165) is 0 Å². The van der Waals surface area contributed by atoms with Gasteiger partial charge in [-0.3, -0.25) is 19.2 Å². The number of fused-ring (bicyclic) bond motifs is 3. The molecule has 0 spiro atoms. The van der Waals surface area contributed by atoms with Crippen LogP contribution in [0.4, 0.5) is 0 Å². The molecule has 1 fully saturated rings. The number of Topliss-reactive ketones (excluding diaryl/α,β-unsaturated/α-hetero) is 1. The van der Waals surface area contributed by atoms with Crippen LogP contribution in [0.5, 0.6) is 17.2 Å². The number of hydrogen-bond donors (Lipinski definition) is 3. The molecule has 12 heteroatoms. The molecule has 3 aliphatic rings. The van der Waals surface area contributed by atoms with Crippen LogP contribution < -0.4 is 4.74 Å². The number of phenols is 2. The van der Waals surface area contributed by atoms with Gasteiger partial charge in [-0.2, -0.15) is 0 Å². The number of phenolic OH excluding ortho intramolecular Hbond substituents is 2. The van der Waals surface area contributed by atoms with Crippen molar-refractivity contribution in [1.29, 1.82) is 0 Å². The molecule has 1 aliphatic heterocycles. The van der Waals surface area contributed by atoms with Gasteiger partial charge in [0.05, 0.1) is 41.4 Å². The monoisotopic (exact) mass is 602 g/mol. The lowest BCUT2D eigenvalue weighted by Crippen LogP contribution is -2.49. The Bertz CT molecular complexity index is 1490. The van der Waals surface area contributed by atoms with E-state index in [-0.39, 0.29) is 47.3 Å². The Morgan fingerprint density at radius 1 is 1.12 bits per heavy atom. The molecule has 5 rings (SSSR count). The minimum Gasteiger partial charge on any atom is -0.507 e. The highest BCUT2D eigenvalue weighted by atomic mass is 35.5. The third kappa shape index (κ3) is 4.74. The zero-order valence-corrected chi connectivity index (χ0v) is 24.2. The van der Waals surface area contributed by atoms with Gasteiger partial charge in [-0.05, 0) is 19.9 Å². The molecule has 11 nitrogen and oxygen atoms in total. The van der Waals surface area contributed by atoms with Crippen LogP contribution in [-0.4, -0.2) is 75.2 Å². The number of carbonyl (C=O) groups excluding carboxylic acids is 4. The molecule has 2 aliphatic carbocycles. The number of aromatic hydroxyl groups is 2. The van der Waals surface area contributed by atoms with Crippen LogP contribution in [0.2, 0.25) is 0 Å². The Morgan fingerprint density at radius 3 is 2.43 bits per heavy atom. The van der Waals surface area contributed by atoms with Crippen molar-refractivity contribution >= 4 is 34.9 Å². The summed E-state index contributed by atoms with van der Waals surface area (Å²) >= 11 is 6.54. The van der Waals surface area contributed by atoms with Crippen molar-refractivity contribution in [3.05, 3.63) is 51.6 Å². The maximum atomic E-state index is 13.7. The second kappa shape index (κ2) is 11.0. The summed E-state index contributed by atoms with van der Waals surface area (Å²) in [7, 11) is 1.34. The normalized spacial score (nSPS) is 28.4. The second-order valence-corrected chi connectivity index (χ2v) is 11.4. The molecule has 0 bridgehead atoms. The summed E-state index contributed by atoms with van der Waals surface area (Å²) in [5.74, 6) is -3.70. The van der Waals surface area contributed by atoms with Gasteiger partial charge in [-0.1, -0.05) is 19.1 Å². The Labute approximate surface area is 246 Å². The number of benzene rings is 2. The fourth-order valence-electron chi connectivity index (χ4n) is 5.96. The summed E-state index contributed by atoms with van der Waals surface area (Å²) in [6.07, 6.45) is -4.35. The molecule has 42 heavy (non-hydrogen) atoms. The number of ketones is 3. The lowest BCUT2D eigenvalue weighted by atomic mass is 9.72. The molecule has 224 valence electrons. The Balaban J connectivity index is 1.59. The molecule has 0 aromatic heterocycles. The van der Waals surface area contributed by atoms with Crippen LogP contribution in [-0.2, 0) is 30.2 Å². The van der Waals surface area contributed by atoms with Gasteiger partial charge < -0.3 is 34.3 Å². The van der Waals surface area contributed by atoms with Gasteiger partial charge in [0, 0.05) is 42.4 Å². The van der Waals surface area contributed by atoms with Crippen LogP contribution in [0.1, 0.15) is 89.1 Å². The van der Waals surface area contributed by atoms with E-state index >= 15 is 0 Å². The number of hydrogen-bond acceptors (Lipinski definition) is 11. The molecule has 0 saturated carbocycles. The molecule has 1 heterocycles. The van der Waals surface area contributed by atoms with E-state index < -0.39 is 87.9 Å². The van der Waals surface area contributed by atoms with Gasteiger partial charge in [0.25, 0.3) is 0 Å². The van der Waals surface area contributed by atoms with E-state index in [1.165, 1.54) is 32.2 Å². The third-order valence-corrected chi connectivity index (χ3v) is 8.63. The first-order valence-corrected chi connectivity index (χ1v) is 14.0. The van der Waals surface area contributed by atoms with E-state index in [1.54, 1.807) is 13.8 Å². The average molecular weight is 603 g/mol. The number of aliphatic hydroxyl groups is 1. The number of halogens is 1. The molecule has 2 aromatic carbocycles. The van der Waals surface area contributed by atoms with Gasteiger partial charge in [-0.25, -0.2) is 0 Å². The van der Waals surface area contributed by atoms with E-state index in [1.807, 2.05) is 0 Å². The number of esters is 1. The fourth-order valence-corrected chi connectivity index (χ4v) is 6.36. The van der Waals surface area contributed by atoms with Crippen molar-refractivity contribution in [3.8, 4) is 17.2 Å². The largest absolute Gasteiger partial charge is 0.507 e. The van der Waals surface area contributed by atoms with Crippen molar-refractivity contribution < 1.29 is 53.4 Å².